The number of sulfone groups is 1. The lowest BCUT2D eigenvalue weighted by Gasteiger charge is -2.13. The molecule has 0 aliphatic heterocycles. The Morgan fingerprint density at radius 3 is 2.57 bits per heavy atom. The lowest BCUT2D eigenvalue weighted by molar-refractivity contribution is -0.0436. The zero-order valence-corrected chi connectivity index (χ0v) is 15.2. The van der Waals surface area contributed by atoms with Crippen molar-refractivity contribution < 1.29 is 31.1 Å². The number of amides is 1. The summed E-state index contributed by atoms with van der Waals surface area (Å²) in [5, 5.41) is 6.23. The average Bonchev–Trinajstić information content (AvgIpc) is 3.06. The van der Waals surface area contributed by atoms with Crippen molar-refractivity contribution in [2.24, 2.45) is 0 Å². The minimum atomic E-state index is -5.60. The highest BCUT2D eigenvalue weighted by Crippen LogP contribution is 2.34. The van der Waals surface area contributed by atoms with E-state index in [2.05, 4.69) is 20.4 Å². The van der Waals surface area contributed by atoms with Gasteiger partial charge in [0.15, 0.2) is 0 Å². The Hall–Kier alpha value is -3.22. The van der Waals surface area contributed by atoms with Crippen LogP contribution in [0.1, 0.15) is 16.3 Å². The Labute approximate surface area is 156 Å². The number of alkyl halides is 3. The minimum absolute atomic E-state index is 0.0486. The molecule has 1 aromatic carbocycles. The van der Waals surface area contributed by atoms with Gasteiger partial charge in [-0.1, -0.05) is 0 Å². The smallest absolute Gasteiger partial charge is 0.495 e. The topological polar surface area (TPSA) is 116 Å². The van der Waals surface area contributed by atoms with Gasteiger partial charge in [-0.25, -0.2) is 17.9 Å². The molecule has 148 valence electrons. The van der Waals surface area contributed by atoms with E-state index in [9.17, 15) is 26.4 Å². The number of halogens is 3. The first-order chi connectivity index (χ1) is 13.0. The molecule has 0 radical (unpaired) electrons. The first kappa shape index (κ1) is 19.5. The molecule has 9 nitrogen and oxygen atoms in total. The number of nitrogens with zero attached hydrogens (tertiary/aromatic N) is 4. The van der Waals surface area contributed by atoms with E-state index in [1.54, 1.807) is 13.0 Å². The van der Waals surface area contributed by atoms with Gasteiger partial charge in [-0.2, -0.15) is 18.2 Å². The number of ether oxygens (including phenoxy) is 1. The van der Waals surface area contributed by atoms with E-state index in [1.165, 1.54) is 17.8 Å². The second kappa shape index (κ2) is 6.74. The number of aryl methyl sites for hydroxylation is 1. The van der Waals surface area contributed by atoms with Crippen LogP contribution in [-0.2, 0) is 9.84 Å². The third kappa shape index (κ3) is 3.35. The molecule has 0 saturated heterocycles. The van der Waals surface area contributed by atoms with Crippen molar-refractivity contribution in [3.05, 3.63) is 42.0 Å². The molecular weight excluding hydrogens is 403 g/mol. The van der Waals surface area contributed by atoms with Gasteiger partial charge in [-0.3, -0.25) is 4.79 Å². The highest BCUT2D eigenvalue weighted by atomic mass is 32.2. The molecule has 28 heavy (non-hydrogen) atoms. The molecule has 2 heterocycles. The van der Waals surface area contributed by atoms with Crippen LogP contribution in [0.2, 0.25) is 0 Å². The maximum Gasteiger partial charge on any atom is 0.501 e. The molecule has 3 rings (SSSR count). The lowest BCUT2D eigenvalue weighted by Crippen LogP contribution is -2.23. The number of anilines is 1. The summed E-state index contributed by atoms with van der Waals surface area (Å²) in [5.74, 6) is -1.10. The quantitative estimate of drug-likeness (QED) is 0.693. The van der Waals surface area contributed by atoms with Gasteiger partial charge in [0.2, 0.25) is 5.82 Å². The third-order valence-electron chi connectivity index (χ3n) is 3.67. The first-order valence-electron chi connectivity index (χ1n) is 7.53. The Morgan fingerprint density at radius 2 is 1.96 bits per heavy atom. The van der Waals surface area contributed by atoms with Gasteiger partial charge >= 0.3 is 5.51 Å². The van der Waals surface area contributed by atoms with Crippen LogP contribution in [-0.4, -0.2) is 46.5 Å². The molecule has 0 spiro atoms. The number of nitrogens with one attached hydrogen (secondary N) is 1. The van der Waals surface area contributed by atoms with Gasteiger partial charge in [0.05, 0.1) is 17.7 Å². The van der Waals surface area contributed by atoms with Gasteiger partial charge < -0.3 is 10.1 Å². The van der Waals surface area contributed by atoms with E-state index in [0.29, 0.717) is 11.8 Å². The summed E-state index contributed by atoms with van der Waals surface area (Å²) in [6.07, 6.45) is 1.47. The number of rotatable bonds is 4. The van der Waals surface area contributed by atoms with Gasteiger partial charge in [-0.05, 0) is 31.2 Å². The highest BCUT2D eigenvalue weighted by Gasteiger charge is 2.47. The number of hydrogen-bond acceptors (Lipinski definition) is 7. The molecule has 0 saturated carbocycles. The number of methoxy groups -OCH3 is 1. The Kier molecular flexibility index (Phi) is 4.71. The number of carbonyl (C=O) groups is 1. The van der Waals surface area contributed by atoms with E-state index in [1.807, 2.05) is 0 Å². The maximum absolute atomic E-state index is 12.8. The van der Waals surface area contributed by atoms with E-state index in [-0.39, 0.29) is 23.0 Å². The van der Waals surface area contributed by atoms with Gasteiger partial charge in [0, 0.05) is 11.9 Å². The van der Waals surface area contributed by atoms with Crippen LogP contribution in [0, 0.1) is 6.92 Å². The maximum atomic E-state index is 12.8. The molecule has 0 bridgehead atoms. The molecule has 13 heteroatoms. The van der Waals surface area contributed by atoms with Crippen molar-refractivity contribution in [2.75, 3.05) is 12.4 Å². The predicted octanol–water partition coefficient (Wildman–Crippen LogP) is 1.99. The summed E-state index contributed by atoms with van der Waals surface area (Å²) in [6.45, 7) is 1.71. The summed E-state index contributed by atoms with van der Waals surface area (Å²) in [6, 6.07) is 4.02. The Bertz CT molecular complexity index is 1170. The van der Waals surface area contributed by atoms with Gasteiger partial charge in [0.25, 0.3) is 21.5 Å². The van der Waals surface area contributed by atoms with Crippen LogP contribution in [0.3, 0.4) is 0 Å². The largest absolute Gasteiger partial charge is 0.501 e. The highest BCUT2D eigenvalue weighted by molar-refractivity contribution is 7.92. The molecule has 1 N–H and O–H groups in total. The molecule has 0 fully saturated rings. The lowest BCUT2D eigenvalue weighted by atomic mass is 10.3. The van der Waals surface area contributed by atoms with Crippen molar-refractivity contribution in [2.45, 2.75) is 17.3 Å². The first-order valence-corrected chi connectivity index (χ1v) is 9.02. The van der Waals surface area contributed by atoms with E-state index >= 15 is 0 Å². The van der Waals surface area contributed by atoms with E-state index < -0.39 is 26.1 Å². The zero-order chi connectivity index (χ0) is 20.7. The van der Waals surface area contributed by atoms with Crippen LogP contribution in [0.5, 0.6) is 5.75 Å². The fourth-order valence-electron chi connectivity index (χ4n) is 2.27. The van der Waals surface area contributed by atoms with Crippen molar-refractivity contribution in [3.63, 3.8) is 0 Å². The van der Waals surface area contributed by atoms with Crippen LogP contribution in [0.15, 0.2) is 35.4 Å². The SMILES string of the molecule is COc1ccc(S(=O)(=O)C(F)(F)F)cc1NC(=O)c1nc2nccc(C)n2n1. The van der Waals surface area contributed by atoms with Crippen LogP contribution >= 0.6 is 0 Å². The average molecular weight is 415 g/mol. The number of carbonyl (C=O) groups excluding carboxylic acids is 1. The molecule has 0 atom stereocenters. The van der Waals surface area contributed by atoms with Crippen molar-refractivity contribution in [1.29, 1.82) is 0 Å². The second-order valence-corrected chi connectivity index (χ2v) is 7.44. The molecule has 2 aromatic heterocycles. The molecular formula is C15H12F3N5O4S. The van der Waals surface area contributed by atoms with E-state index in [4.69, 9.17) is 4.74 Å². The van der Waals surface area contributed by atoms with Crippen LogP contribution in [0.4, 0.5) is 18.9 Å². The summed E-state index contributed by atoms with van der Waals surface area (Å²) in [4.78, 5) is 19.2. The number of hydrogen-bond donors (Lipinski definition) is 1. The van der Waals surface area contributed by atoms with E-state index in [0.717, 1.165) is 12.1 Å². The number of fused-ring (bicyclic) bond motifs is 1. The monoisotopic (exact) mass is 415 g/mol. The minimum Gasteiger partial charge on any atom is -0.495 e. The van der Waals surface area contributed by atoms with Crippen molar-refractivity contribution in [1.82, 2.24) is 19.6 Å². The molecule has 0 unspecified atom stereocenters. The molecule has 0 aliphatic carbocycles. The fourth-order valence-corrected chi connectivity index (χ4v) is 3.05. The van der Waals surface area contributed by atoms with Crippen LogP contribution < -0.4 is 10.1 Å². The van der Waals surface area contributed by atoms with Crippen molar-refractivity contribution in [3.8, 4) is 5.75 Å². The summed E-state index contributed by atoms with van der Waals surface area (Å²) in [7, 11) is -4.39. The third-order valence-corrected chi connectivity index (χ3v) is 5.15. The predicted molar refractivity (Wildman–Crippen MR) is 89.7 cm³/mol. The zero-order valence-electron chi connectivity index (χ0n) is 14.4. The number of benzene rings is 1. The Balaban J connectivity index is 1.99. The fraction of sp³-hybridized carbons (Fsp3) is 0.200. The summed E-state index contributed by atoms with van der Waals surface area (Å²) in [5.41, 5.74) is -5.14. The standard InChI is InChI=1S/C15H12F3N5O4S/c1-8-5-6-19-14-21-12(22-23(8)14)13(24)20-10-7-9(3-4-11(10)27-2)28(25,26)15(16,17)18/h3-7H,1-2H3,(H,20,24). The van der Waals surface area contributed by atoms with Gasteiger partial charge in [0.1, 0.15) is 5.75 Å². The van der Waals surface area contributed by atoms with Gasteiger partial charge in [-0.15, -0.1) is 5.10 Å². The summed E-state index contributed by atoms with van der Waals surface area (Å²) >= 11 is 0. The van der Waals surface area contributed by atoms with Crippen LogP contribution in [0.25, 0.3) is 5.78 Å². The van der Waals surface area contributed by atoms with Crippen molar-refractivity contribution >= 4 is 27.2 Å². The Morgan fingerprint density at radius 1 is 1.25 bits per heavy atom. The second-order valence-electron chi connectivity index (χ2n) is 5.50. The summed E-state index contributed by atoms with van der Waals surface area (Å²) < 4.78 is 67.8. The molecule has 1 amide bonds. The normalized spacial score (nSPS) is 12.2. The number of aromatic nitrogens is 4. The molecule has 3 aromatic rings. The molecule has 0 aliphatic rings.